The number of hydrogen-bond donors (Lipinski definition) is 0. The highest BCUT2D eigenvalue weighted by Gasteiger charge is 2.58. The first kappa shape index (κ1) is 19.8. The first-order valence-corrected chi connectivity index (χ1v) is 11.1. The lowest BCUT2D eigenvalue weighted by Gasteiger charge is -2.55. The molecule has 154 valence electrons. The van der Waals surface area contributed by atoms with Gasteiger partial charge in [-0.3, -0.25) is 4.90 Å². The molecule has 28 heavy (non-hydrogen) atoms. The first-order chi connectivity index (χ1) is 13.6. The van der Waals surface area contributed by atoms with Crippen LogP contribution in [0.3, 0.4) is 0 Å². The Balaban J connectivity index is 1.85. The van der Waals surface area contributed by atoms with Crippen molar-refractivity contribution in [3.8, 4) is 11.5 Å². The summed E-state index contributed by atoms with van der Waals surface area (Å²) in [5.41, 5.74) is 4.41. The molecular formula is C24H35NO3. The number of carbonyl (C=O) groups is 1. The fourth-order valence-corrected chi connectivity index (χ4v) is 6.17. The summed E-state index contributed by atoms with van der Waals surface area (Å²) in [4.78, 5) is 14.0. The van der Waals surface area contributed by atoms with Crippen LogP contribution in [0.25, 0.3) is 0 Å². The van der Waals surface area contributed by atoms with Crippen molar-refractivity contribution >= 4 is 6.29 Å². The van der Waals surface area contributed by atoms with Gasteiger partial charge in [-0.05, 0) is 67.8 Å². The van der Waals surface area contributed by atoms with Crippen LogP contribution in [-0.4, -0.2) is 44.0 Å². The summed E-state index contributed by atoms with van der Waals surface area (Å²) in [5, 5.41) is 0. The normalized spacial score (nSPS) is 28.2. The molecule has 0 N–H and O–H groups in total. The van der Waals surface area contributed by atoms with Crippen molar-refractivity contribution in [2.75, 3.05) is 26.8 Å². The topological polar surface area (TPSA) is 38.8 Å². The number of ether oxygens (including phenoxy) is 2. The van der Waals surface area contributed by atoms with Crippen LogP contribution in [0.4, 0.5) is 0 Å². The van der Waals surface area contributed by atoms with E-state index in [1.165, 1.54) is 36.1 Å². The number of rotatable bonds is 8. The Morgan fingerprint density at radius 1 is 1.43 bits per heavy atom. The average molecular weight is 386 g/mol. The number of nitrogens with zero attached hydrogens (tertiary/aromatic N) is 1. The summed E-state index contributed by atoms with van der Waals surface area (Å²) in [6, 6.07) is 2.74. The van der Waals surface area contributed by atoms with Crippen LogP contribution >= 0.6 is 0 Å². The molecule has 4 nitrogen and oxygen atoms in total. The molecular weight excluding hydrogens is 350 g/mol. The second-order valence-electron chi connectivity index (χ2n) is 9.21. The van der Waals surface area contributed by atoms with Gasteiger partial charge < -0.3 is 14.3 Å². The van der Waals surface area contributed by atoms with Crippen LogP contribution in [0, 0.1) is 5.92 Å². The Bertz CT molecular complexity index is 744. The second-order valence-corrected chi connectivity index (χ2v) is 9.21. The van der Waals surface area contributed by atoms with E-state index >= 15 is 0 Å². The highest BCUT2D eigenvalue weighted by Crippen LogP contribution is 2.60. The Kier molecular flexibility index (Phi) is 5.43. The van der Waals surface area contributed by atoms with Crippen molar-refractivity contribution in [2.45, 2.75) is 76.7 Å². The van der Waals surface area contributed by atoms with Gasteiger partial charge in [0.2, 0.25) is 0 Å². The maximum atomic E-state index is 11.3. The lowest BCUT2D eigenvalue weighted by molar-refractivity contribution is -0.108. The molecule has 3 aliphatic rings. The summed E-state index contributed by atoms with van der Waals surface area (Å²) >= 11 is 0. The molecule has 2 aliphatic heterocycles. The maximum absolute atomic E-state index is 11.3. The van der Waals surface area contributed by atoms with Crippen LogP contribution in [0.2, 0.25) is 0 Å². The summed E-state index contributed by atoms with van der Waals surface area (Å²) < 4.78 is 12.1. The van der Waals surface area contributed by atoms with Gasteiger partial charge >= 0.3 is 0 Å². The molecule has 0 radical (unpaired) electrons. The molecule has 3 atom stereocenters. The zero-order valence-corrected chi connectivity index (χ0v) is 17.9. The van der Waals surface area contributed by atoms with E-state index < -0.39 is 0 Å². The molecule has 1 aliphatic carbocycles. The molecule has 2 bridgehead atoms. The third-order valence-electron chi connectivity index (χ3n) is 7.50. The maximum Gasteiger partial charge on any atom is 0.165 e. The molecule has 1 aromatic rings. The molecule has 4 heteroatoms. The van der Waals surface area contributed by atoms with Crippen molar-refractivity contribution in [1.29, 1.82) is 0 Å². The largest absolute Gasteiger partial charge is 0.493 e. The summed E-state index contributed by atoms with van der Waals surface area (Å²) in [5.74, 6) is 2.83. The summed E-state index contributed by atoms with van der Waals surface area (Å²) in [7, 11) is 1.75. The zero-order chi connectivity index (χ0) is 19.9. The van der Waals surface area contributed by atoms with E-state index in [0.29, 0.717) is 24.3 Å². The Morgan fingerprint density at radius 3 is 2.93 bits per heavy atom. The molecule has 1 aromatic carbocycles. The molecule has 1 saturated heterocycles. The van der Waals surface area contributed by atoms with Gasteiger partial charge in [-0.2, -0.15) is 0 Å². The van der Waals surface area contributed by atoms with Gasteiger partial charge in [0, 0.05) is 23.4 Å². The molecule has 4 rings (SSSR count). The van der Waals surface area contributed by atoms with Crippen LogP contribution in [0.5, 0.6) is 11.5 Å². The highest BCUT2D eigenvalue weighted by atomic mass is 16.5. The standard InChI is InChI=1S/C24H35NO3/c1-5-6-10-25-11-9-24-15-28-23-21(27-4)14-17(16(2)3)18(22(23)24)13-20(25)19(24)8-7-12-26/h12,14,16,19-20H,5-11,13,15H2,1-4H3/t19?,20?,24-/m1/s1. The van der Waals surface area contributed by atoms with E-state index in [9.17, 15) is 4.79 Å². The fraction of sp³-hybridized carbons (Fsp3) is 0.708. The number of fused-ring (bicyclic) bond motifs is 1. The monoisotopic (exact) mass is 385 g/mol. The van der Waals surface area contributed by atoms with Crippen molar-refractivity contribution in [2.24, 2.45) is 5.92 Å². The number of benzene rings is 1. The van der Waals surface area contributed by atoms with Gasteiger partial charge in [-0.25, -0.2) is 0 Å². The lowest BCUT2D eigenvalue weighted by atomic mass is 9.56. The van der Waals surface area contributed by atoms with E-state index in [2.05, 4.69) is 31.7 Å². The van der Waals surface area contributed by atoms with E-state index in [1.54, 1.807) is 7.11 Å². The fourth-order valence-electron chi connectivity index (χ4n) is 6.17. The number of hydrogen-bond acceptors (Lipinski definition) is 4. The van der Waals surface area contributed by atoms with Crippen LogP contribution < -0.4 is 9.47 Å². The van der Waals surface area contributed by atoms with E-state index in [0.717, 1.165) is 50.2 Å². The number of unbranched alkanes of at least 4 members (excludes halogenated alkanes) is 1. The van der Waals surface area contributed by atoms with Gasteiger partial charge in [0.25, 0.3) is 0 Å². The minimum absolute atomic E-state index is 0.0531. The van der Waals surface area contributed by atoms with Gasteiger partial charge in [0.15, 0.2) is 11.5 Å². The van der Waals surface area contributed by atoms with Crippen LogP contribution in [0.15, 0.2) is 6.07 Å². The molecule has 0 amide bonds. The first-order valence-electron chi connectivity index (χ1n) is 11.1. The molecule has 2 unspecified atom stereocenters. The van der Waals surface area contributed by atoms with E-state index in [4.69, 9.17) is 9.47 Å². The van der Waals surface area contributed by atoms with Gasteiger partial charge in [-0.1, -0.05) is 27.2 Å². The minimum Gasteiger partial charge on any atom is -0.493 e. The summed E-state index contributed by atoms with van der Waals surface area (Å²) in [6.07, 6.45) is 7.40. The van der Waals surface area contributed by atoms with Gasteiger partial charge in [-0.15, -0.1) is 0 Å². The minimum atomic E-state index is 0.0531. The molecule has 1 spiro atoms. The highest BCUT2D eigenvalue weighted by molar-refractivity contribution is 5.63. The third-order valence-corrected chi connectivity index (χ3v) is 7.50. The van der Waals surface area contributed by atoms with Gasteiger partial charge in [0.1, 0.15) is 6.29 Å². The quantitative estimate of drug-likeness (QED) is 0.619. The zero-order valence-electron chi connectivity index (χ0n) is 17.9. The lowest BCUT2D eigenvalue weighted by Crippen LogP contribution is -2.60. The van der Waals surface area contributed by atoms with Crippen molar-refractivity contribution in [1.82, 2.24) is 4.90 Å². The predicted molar refractivity (Wildman–Crippen MR) is 112 cm³/mol. The second kappa shape index (κ2) is 7.70. The molecule has 2 heterocycles. The predicted octanol–water partition coefficient (Wildman–Crippen LogP) is 4.47. The van der Waals surface area contributed by atoms with Crippen molar-refractivity contribution in [3.05, 3.63) is 22.8 Å². The smallest absolute Gasteiger partial charge is 0.165 e. The third kappa shape index (κ3) is 2.87. The number of methoxy groups -OCH3 is 1. The number of piperidine rings is 1. The molecule has 0 aromatic heterocycles. The number of aldehydes is 1. The van der Waals surface area contributed by atoms with Crippen LogP contribution in [-0.2, 0) is 16.6 Å². The summed E-state index contributed by atoms with van der Waals surface area (Å²) in [6.45, 7) is 9.89. The van der Waals surface area contributed by atoms with E-state index in [-0.39, 0.29) is 5.41 Å². The Morgan fingerprint density at radius 2 is 2.25 bits per heavy atom. The van der Waals surface area contributed by atoms with E-state index in [1.807, 2.05) is 0 Å². The molecule has 1 fully saturated rings. The number of carbonyl (C=O) groups excluding carboxylic acids is 1. The van der Waals surface area contributed by atoms with Crippen molar-refractivity contribution in [3.63, 3.8) is 0 Å². The van der Waals surface area contributed by atoms with Crippen molar-refractivity contribution < 1.29 is 14.3 Å². The Labute approximate surface area is 169 Å². The number of likely N-dealkylation sites (tertiary alicyclic amines) is 1. The van der Waals surface area contributed by atoms with Crippen LogP contribution in [0.1, 0.15) is 75.5 Å². The average Bonchev–Trinajstić information content (AvgIpc) is 3.07. The SMILES string of the molecule is CCCCN1CC[C@]23COc4c(OC)cc(C(C)C)c(c42)CC1C3CCC=O. The van der Waals surface area contributed by atoms with Gasteiger partial charge in [0.05, 0.1) is 13.7 Å². The Hall–Kier alpha value is -1.55. The molecule has 0 saturated carbocycles.